The zero-order valence-corrected chi connectivity index (χ0v) is 18.6. The predicted molar refractivity (Wildman–Crippen MR) is 136 cm³/mol. The normalized spacial score (nSPS) is 20.7. The second-order valence-corrected chi connectivity index (χ2v) is 9.17. The fourth-order valence-corrected chi connectivity index (χ4v) is 5.43. The fourth-order valence-electron chi connectivity index (χ4n) is 5.43. The molecule has 0 saturated heterocycles. The van der Waals surface area contributed by atoms with Crippen LogP contribution in [0.1, 0.15) is 45.4 Å². The summed E-state index contributed by atoms with van der Waals surface area (Å²) in [4.78, 5) is 12.7. The molecule has 3 heteroatoms. The van der Waals surface area contributed by atoms with Crippen LogP contribution in [0.4, 0.5) is 11.4 Å². The van der Waals surface area contributed by atoms with Crippen LogP contribution in [0.5, 0.6) is 0 Å². The van der Waals surface area contributed by atoms with Gasteiger partial charge in [-0.05, 0) is 71.5 Å². The number of aryl methyl sites for hydroxylation is 1. The zero-order chi connectivity index (χ0) is 22.4. The number of hydrogen-bond donors (Lipinski definition) is 2. The van der Waals surface area contributed by atoms with E-state index >= 15 is 0 Å². The van der Waals surface area contributed by atoms with Gasteiger partial charge in [0.25, 0.3) is 5.91 Å². The number of nitrogens with one attached hydrogen (secondary N) is 2. The number of carbonyl (C=O) groups is 1. The molecule has 1 aliphatic carbocycles. The number of amides is 1. The Morgan fingerprint density at radius 2 is 1.79 bits per heavy atom. The molecule has 6 rings (SSSR count). The van der Waals surface area contributed by atoms with Crippen molar-refractivity contribution in [1.29, 1.82) is 0 Å². The lowest BCUT2D eigenvalue weighted by Crippen LogP contribution is -2.29. The van der Waals surface area contributed by atoms with Gasteiger partial charge < -0.3 is 10.6 Å². The molecule has 0 unspecified atom stereocenters. The quantitative estimate of drug-likeness (QED) is 0.337. The summed E-state index contributed by atoms with van der Waals surface area (Å²) < 4.78 is 0. The van der Waals surface area contributed by atoms with Crippen molar-refractivity contribution < 1.29 is 4.79 Å². The molecule has 1 heterocycles. The van der Waals surface area contributed by atoms with Gasteiger partial charge in [0.05, 0.1) is 6.04 Å². The topological polar surface area (TPSA) is 41.1 Å². The van der Waals surface area contributed by atoms with Gasteiger partial charge in [-0.25, -0.2) is 0 Å². The molecule has 0 spiro atoms. The summed E-state index contributed by atoms with van der Waals surface area (Å²) in [7, 11) is 0. The Morgan fingerprint density at radius 3 is 2.67 bits per heavy atom. The van der Waals surface area contributed by atoms with Gasteiger partial charge in [-0.1, -0.05) is 72.3 Å². The van der Waals surface area contributed by atoms with E-state index in [1.54, 1.807) is 0 Å². The minimum absolute atomic E-state index is 0.0824. The van der Waals surface area contributed by atoms with Crippen LogP contribution in [0.2, 0.25) is 0 Å². The number of allylic oxidation sites excluding steroid dienone is 2. The highest BCUT2D eigenvalue weighted by atomic mass is 16.1. The summed E-state index contributed by atoms with van der Waals surface area (Å²) in [6.07, 6.45) is 5.75. The minimum Gasteiger partial charge on any atom is -0.378 e. The van der Waals surface area contributed by atoms with Crippen LogP contribution in [0, 0.1) is 12.8 Å². The third-order valence-electron chi connectivity index (χ3n) is 7.07. The van der Waals surface area contributed by atoms with Gasteiger partial charge in [0.2, 0.25) is 0 Å². The number of hydrogen-bond acceptors (Lipinski definition) is 2. The van der Waals surface area contributed by atoms with E-state index in [0.717, 1.165) is 17.7 Å². The second kappa shape index (κ2) is 7.93. The molecule has 33 heavy (non-hydrogen) atoms. The number of carbonyl (C=O) groups excluding carboxylic acids is 1. The van der Waals surface area contributed by atoms with Gasteiger partial charge in [-0.2, -0.15) is 0 Å². The van der Waals surface area contributed by atoms with E-state index in [9.17, 15) is 4.79 Å². The number of rotatable bonds is 3. The standard InChI is InChI=1S/C30H26N2O/c1-19-12-14-21(15-13-19)30(33)31-23-8-4-7-22(18-23)29-26-11-5-10-25(26)28-24-9-3-2-6-20(24)16-17-27(28)32-29/h2-10,12-18,25-26,29,32H,11H2,1H3,(H,31,33)/t25-,26-,29-/m0/s1. The highest BCUT2D eigenvalue weighted by Crippen LogP contribution is 2.51. The fraction of sp³-hybridized carbons (Fsp3) is 0.167. The van der Waals surface area contributed by atoms with Crippen molar-refractivity contribution in [2.75, 3.05) is 10.6 Å². The molecule has 3 atom stereocenters. The molecule has 0 fully saturated rings. The van der Waals surface area contributed by atoms with Crippen molar-refractivity contribution in [3.05, 3.63) is 119 Å². The van der Waals surface area contributed by atoms with E-state index in [1.807, 2.05) is 43.3 Å². The Kier molecular flexibility index (Phi) is 4.76. The van der Waals surface area contributed by atoms with Gasteiger partial charge in [-0.3, -0.25) is 4.79 Å². The molecule has 2 N–H and O–H groups in total. The first kappa shape index (κ1) is 19.8. The van der Waals surface area contributed by atoms with Gasteiger partial charge in [0.1, 0.15) is 0 Å². The molecular formula is C30H26N2O. The van der Waals surface area contributed by atoms with Crippen molar-refractivity contribution in [2.45, 2.75) is 25.3 Å². The van der Waals surface area contributed by atoms with Crippen molar-refractivity contribution >= 4 is 28.1 Å². The Morgan fingerprint density at radius 1 is 0.939 bits per heavy atom. The SMILES string of the molecule is Cc1ccc(C(=O)Nc2cccc([C@@H]3Nc4ccc5ccccc5c4[C@H]4C=CC[C@@H]43)c2)cc1. The maximum Gasteiger partial charge on any atom is 0.255 e. The van der Waals surface area contributed by atoms with E-state index in [1.165, 1.54) is 27.6 Å². The van der Waals surface area contributed by atoms with Crippen LogP contribution in [0.3, 0.4) is 0 Å². The average molecular weight is 431 g/mol. The third kappa shape index (κ3) is 3.50. The molecule has 1 aliphatic heterocycles. The molecule has 2 aliphatic rings. The van der Waals surface area contributed by atoms with Crippen molar-refractivity contribution in [3.63, 3.8) is 0 Å². The molecule has 1 amide bonds. The van der Waals surface area contributed by atoms with E-state index in [4.69, 9.17) is 0 Å². The van der Waals surface area contributed by atoms with Crippen LogP contribution in [-0.2, 0) is 0 Å². The van der Waals surface area contributed by atoms with Crippen LogP contribution >= 0.6 is 0 Å². The lowest BCUT2D eigenvalue weighted by molar-refractivity contribution is 0.102. The number of anilines is 2. The average Bonchev–Trinajstić information content (AvgIpc) is 3.34. The number of benzene rings is 4. The monoisotopic (exact) mass is 430 g/mol. The van der Waals surface area contributed by atoms with Gasteiger partial charge in [0.15, 0.2) is 0 Å². The molecule has 4 aromatic rings. The lowest BCUT2D eigenvalue weighted by Gasteiger charge is -2.38. The number of fused-ring (bicyclic) bond motifs is 5. The molecule has 0 saturated carbocycles. The Balaban J connectivity index is 1.32. The predicted octanol–water partition coefficient (Wildman–Crippen LogP) is 7.23. The molecule has 4 aromatic carbocycles. The van der Waals surface area contributed by atoms with Crippen molar-refractivity contribution in [1.82, 2.24) is 0 Å². The summed E-state index contributed by atoms with van der Waals surface area (Å²) in [6.45, 7) is 2.02. The Labute approximate surface area is 194 Å². The van der Waals surface area contributed by atoms with E-state index in [-0.39, 0.29) is 11.9 Å². The molecule has 0 radical (unpaired) electrons. The van der Waals surface area contributed by atoms with Crippen molar-refractivity contribution in [2.24, 2.45) is 5.92 Å². The van der Waals surface area contributed by atoms with Crippen LogP contribution < -0.4 is 10.6 Å². The van der Waals surface area contributed by atoms with Crippen molar-refractivity contribution in [3.8, 4) is 0 Å². The summed E-state index contributed by atoms with van der Waals surface area (Å²) in [5.41, 5.74) is 6.46. The second-order valence-electron chi connectivity index (χ2n) is 9.17. The highest BCUT2D eigenvalue weighted by Gasteiger charge is 2.38. The molecule has 0 bridgehead atoms. The molecule has 0 aromatic heterocycles. The Hall–Kier alpha value is -3.85. The summed E-state index contributed by atoms with van der Waals surface area (Å²) >= 11 is 0. The molecule has 162 valence electrons. The molecular weight excluding hydrogens is 404 g/mol. The summed E-state index contributed by atoms with van der Waals surface area (Å²) in [5.74, 6) is 0.760. The largest absolute Gasteiger partial charge is 0.378 e. The summed E-state index contributed by atoms with van der Waals surface area (Å²) in [6, 6.07) is 29.2. The smallest absolute Gasteiger partial charge is 0.255 e. The van der Waals surface area contributed by atoms with Gasteiger partial charge in [0, 0.05) is 22.9 Å². The van der Waals surface area contributed by atoms with E-state index in [2.05, 4.69) is 71.3 Å². The third-order valence-corrected chi connectivity index (χ3v) is 7.07. The van der Waals surface area contributed by atoms with E-state index in [0.29, 0.717) is 17.4 Å². The molecule has 3 nitrogen and oxygen atoms in total. The maximum absolute atomic E-state index is 12.7. The first-order valence-electron chi connectivity index (χ1n) is 11.6. The first-order valence-corrected chi connectivity index (χ1v) is 11.6. The minimum atomic E-state index is -0.0824. The van der Waals surface area contributed by atoms with E-state index < -0.39 is 0 Å². The van der Waals surface area contributed by atoms with Gasteiger partial charge >= 0.3 is 0 Å². The lowest BCUT2D eigenvalue weighted by atomic mass is 9.75. The zero-order valence-electron chi connectivity index (χ0n) is 18.6. The van der Waals surface area contributed by atoms with Crippen LogP contribution in [0.15, 0.2) is 97.1 Å². The van der Waals surface area contributed by atoms with Crippen LogP contribution in [-0.4, -0.2) is 5.91 Å². The van der Waals surface area contributed by atoms with Gasteiger partial charge in [-0.15, -0.1) is 0 Å². The first-order chi connectivity index (χ1) is 16.2. The Bertz CT molecular complexity index is 1390. The van der Waals surface area contributed by atoms with Crippen LogP contribution in [0.25, 0.3) is 10.8 Å². The highest BCUT2D eigenvalue weighted by molar-refractivity contribution is 6.04. The summed E-state index contributed by atoms with van der Waals surface area (Å²) in [5, 5.41) is 9.54. The maximum atomic E-state index is 12.7.